The molecule has 1 fully saturated rings. The maximum absolute atomic E-state index is 11.5. The Balaban J connectivity index is 2.08. The summed E-state index contributed by atoms with van der Waals surface area (Å²) < 4.78 is 0. The highest BCUT2D eigenvalue weighted by Crippen LogP contribution is 2.29. The second-order valence-corrected chi connectivity index (χ2v) is 4.57. The Bertz CT molecular complexity index is 422. The third-order valence-electron chi connectivity index (χ3n) is 3.26. The van der Waals surface area contributed by atoms with Crippen molar-refractivity contribution in [3.05, 3.63) is 28.8 Å². The van der Waals surface area contributed by atoms with Gasteiger partial charge in [-0.3, -0.25) is 4.79 Å². The molecular formula is C13H18N2O. The van der Waals surface area contributed by atoms with Crippen molar-refractivity contribution in [1.29, 1.82) is 0 Å². The fourth-order valence-corrected chi connectivity index (χ4v) is 1.85. The molecule has 3 heteroatoms. The Kier molecular flexibility index (Phi) is 2.86. The number of nitrogen functional groups attached to an aromatic ring is 1. The quantitative estimate of drug-likeness (QED) is 0.761. The minimum atomic E-state index is 0.182. The smallest absolute Gasteiger partial charge is 0.223 e. The first kappa shape index (κ1) is 11.0. The summed E-state index contributed by atoms with van der Waals surface area (Å²) in [5, 5.41) is 2.98. The molecule has 0 spiro atoms. The van der Waals surface area contributed by atoms with Crippen LogP contribution in [0.4, 0.5) is 5.69 Å². The van der Waals surface area contributed by atoms with Crippen molar-refractivity contribution < 1.29 is 4.79 Å². The van der Waals surface area contributed by atoms with E-state index in [0.717, 1.165) is 29.7 Å². The van der Waals surface area contributed by atoms with E-state index in [0.29, 0.717) is 6.54 Å². The fourth-order valence-electron chi connectivity index (χ4n) is 1.85. The van der Waals surface area contributed by atoms with Gasteiger partial charge >= 0.3 is 0 Å². The van der Waals surface area contributed by atoms with Crippen LogP contribution < -0.4 is 11.1 Å². The van der Waals surface area contributed by atoms with Crippen LogP contribution in [0.25, 0.3) is 0 Å². The lowest BCUT2D eigenvalue weighted by atomic mass is 10.0. The summed E-state index contributed by atoms with van der Waals surface area (Å²) in [5.74, 6) is 0.447. The molecule has 0 atom stereocenters. The van der Waals surface area contributed by atoms with Crippen molar-refractivity contribution in [3.8, 4) is 0 Å². The van der Waals surface area contributed by atoms with Gasteiger partial charge in [0.05, 0.1) is 0 Å². The van der Waals surface area contributed by atoms with Crippen LogP contribution in [0.1, 0.15) is 29.5 Å². The van der Waals surface area contributed by atoms with Crippen molar-refractivity contribution in [2.75, 3.05) is 5.73 Å². The third-order valence-corrected chi connectivity index (χ3v) is 3.26. The Morgan fingerprint density at radius 2 is 2.12 bits per heavy atom. The normalized spacial score (nSPS) is 14.9. The molecular weight excluding hydrogens is 200 g/mol. The number of rotatable bonds is 3. The monoisotopic (exact) mass is 218 g/mol. The highest BCUT2D eigenvalue weighted by atomic mass is 16.2. The Hall–Kier alpha value is -1.51. The number of hydrogen-bond acceptors (Lipinski definition) is 2. The molecule has 0 radical (unpaired) electrons. The highest BCUT2D eigenvalue weighted by molar-refractivity contribution is 5.80. The van der Waals surface area contributed by atoms with Gasteiger partial charge in [-0.25, -0.2) is 0 Å². The number of amides is 1. The molecule has 0 heterocycles. The molecule has 3 nitrogen and oxygen atoms in total. The second kappa shape index (κ2) is 4.16. The molecule has 0 aliphatic heterocycles. The number of nitrogens with one attached hydrogen (secondary N) is 1. The number of hydrogen-bond donors (Lipinski definition) is 2. The Labute approximate surface area is 96.0 Å². The van der Waals surface area contributed by atoms with Crippen LogP contribution in [0.2, 0.25) is 0 Å². The zero-order valence-corrected chi connectivity index (χ0v) is 9.84. The summed E-state index contributed by atoms with van der Waals surface area (Å²) in [5.41, 5.74) is 10.1. The molecule has 1 aromatic rings. The van der Waals surface area contributed by atoms with Crippen molar-refractivity contribution in [3.63, 3.8) is 0 Å². The van der Waals surface area contributed by atoms with E-state index in [1.807, 2.05) is 26.0 Å². The van der Waals surface area contributed by atoms with E-state index >= 15 is 0 Å². The number of carbonyl (C=O) groups excluding carboxylic acids is 1. The number of nitrogens with two attached hydrogens (primary N) is 1. The van der Waals surface area contributed by atoms with Gasteiger partial charge in [-0.2, -0.15) is 0 Å². The standard InChI is InChI=1S/C13H18N2O/c1-8-3-6-12(14)9(2)11(8)7-15-13(16)10-4-5-10/h3,6,10H,4-5,7,14H2,1-2H3,(H,15,16). The Morgan fingerprint density at radius 3 is 2.75 bits per heavy atom. The van der Waals surface area contributed by atoms with Gasteiger partial charge in [0.1, 0.15) is 0 Å². The van der Waals surface area contributed by atoms with Crippen LogP contribution in [0.5, 0.6) is 0 Å². The second-order valence-electron chi connectivity index (χ2n) is 4.57. The van der Waals surface area contributed by atoms with E-state index < -0.39 is 0 Å². The molecule has 1 saturated carbocycles. The molecule has 0 aromatic heterocycles. The summed E-state index contributed by atoms with van der Waals surface area (Å²) in [7, 11) is 0. The lowest BCUT2D eigenvalue weighted by Gasteiger charge is -2.12. The largest absolute Gasteiger partial charge is 0.399 e. The molecule has 16 heavy (non-hydrogen) atoms. The number of anilines is 1. The predicted molar refractivity (Wildman–Crippen MR) is 64.9 cm³/mol. The summed E-state index contributed by atoms with van der Waals surface area (Å²) in [6.07, 6.45) is 2.08. The first-order chi connectivity index (χ1) is 7.59. The van der Waals surface area contributed by atoms with E-state index in [-0.39, 0.29) is 11.8 Å². The molecule has 1 aliphatic rings. The van der Waals surface area contributed by atoms with E-state index in [1.165, 1.54) is 5.56 Å². The molecule has 2 rings (SSSR count). The summed E-state index contributed by atoms with van der Waals surface area (Å²) in [6.45, 7) is 4.64. The van der Waals surface area contributed by atoms with E-state index in [2.05, 4.69) is 5.32 Å². The van der Waals surface area contributed by atoms with Gasteiger partial charge < -0.3 is 11.1 Å². The molecule has 3 N–H and O–H groups in total. The van der Waals surface area contributed by atoms with Crippen LogP contribution in [-0.4, -0.2) is 5.91 Å². The molecule has 0 unspecified atom stereocenters. The molecule has 1 aliphatic carbocycles. The molecule has 1 amide bonds. The van der Waals surface area contributed by atoms with Crippen molar-refractivity contribution >= 4 is 11.6 Å². The maximum atomic E-state index is 11.5. The summed E-state index contributed by atoms with van der Waals surface area (Å²) >= 11 is 0. The van der Waals surface area contributed by atoms with Crippen molar-refractivity contribution in [2.45, 2.75) is 33.2 Å². The van der Waals surface area contributed by atoms with Crippen molar-refractivity contribution in [1.82, 2.24) is 5.32 Å². The van der Waals surface area contributed by atoms with Gasteiger partial charge in [-0.15, -0.1) is 0 Å². The van der Waals surface area contributed by atoms with Crippen LogP contribution >= 0.6 is 0 Å². The molecule has 1 aromatic carbocycles. The first-order valence-electron chi connectivity index (χ1n) is 5.72. The van der Waals surface area contributed by atoms with Gasteiger partial charge in [0, 0.05) is 18.2 Å². The lowest BCUT2D eigenvalue weighted by molar-refractivity contribution is -0.122. The predicted octanol–water partition coefficient (Wildman–Crippen LogP) is 1.91. The van der Waals surface area contributed by atoms with Gasteiger partial charge in [0.25, 0.3) is 0 Å². The molecule has 0 bridgehead atoms. The van der Waals surface area contributed by atoms with Crippen LogP contribution in [0.3, 0.4) is 0 Å². The lowest BCUT2D eigenvalue weighted by Crippen LogP contribution is -2.25. The van der Waals surface area contributed by atoms with E-state index in [4.69, 9.17) is 5.73 Å². The third kappa shape index (κ3) is 2.18. The maximum Gasteiger partial charge on any atom is 0.223 e. The topological polar surface area (TPSA) is 55.1 Å². The zero-order valence-electron chi connectivity index (χ0n) is 9.84. The van der Waals surface area contributed by atoms with Crippen LogP contribution in [0, 0.1) is 19.8 Å². The van der Waals surface area contributed by atoms with Gasteiger partial charge in [0.2, 0.25) is 5.91 Å². The average molecular weight is 218 g/mol. The van der Waals surface area contributed by atoms with E-state index in [9.17, 15) is 4.79 Å². The SMILES string of the molecule is Cc1ccc(N)c(C)c1CNC(=O)C1CC1. The zero-order chi connectivity index (χ0) is 11.7. The highest BCUT2D eigenvalue weighted by Gasteiger charge is 2.29. The minimum Gasteiger partial charge on any atom is -0.399 e. The average Bonchev–Trinajstić information content (AvgIpc) is 3.07. The molecule has 0 saturated heterocycles. The van der Waals surface area contributed by atoms with Gasteiger partial charge in [0.15, 0.2) is 0 Å². The summed E-state index contributed by atoms with van der Waals surface area (Å²) in [4.78, 5) is 11.5. The van der Waals surface area contributed by atoms with Crippen LogP contribution in [0.15, 0.2) is 12.1 Å². The Morgan fingerprint density at radius 1 is 1.44 bits per heavy atom. The number of aryl methyl sites for hydroxylation is 1. The number of benzene rings is 1. The van der Waals surface area contributed by atoms with Gasteiger partial charge in [-0.1, -0.05) is 6.07 Å². The summed E-state index contributed by atoms with van der Waals surface area (Å²) in [6, 6.07) is 3.91. The molecule has 86 valence electrons. The van der Waals surface area contributed by atoms with Crippen LogP contribution in [-0.2, 0) is 11.3 Å². The minimum absolute atomic E-state index is 0.182. The van der Waals surface area contributed by atoms with Crippen molar-refractivity contribution in [2.24, 2.45) is 5.92 Å². The van der Waals surface area contributed by atoms with Gasteiger partial charge in [-0.05, 0) is 49.4 Å². The van der Waals surface area contributed by atoms with E-state index in [1.54, 1.807) is 0 Å². The first-order valence-corrected chi connectivity index (χ1v) is 5.72. The fraction of sp³-hybridized carbons (Fsp3) is 0.462. The number of carbonyl (C=O) groups is 1.